The van der Waals surface area contributed by atoms with Crippen molar-refractivity contribution >= 4 is 22.0 Å². The number of rotatable bonds is 2. The molecule has 4 heteroatoms. The molecule has 0 aliphatic heterocycles. The highest BCUT2D eigenvalue weighted by Gasteiger charge is 2.19. The smallest absolute Gasteiger partial charge is 0.179 e. The molecular formula is C17H13NO3. The first-order valence-electron chi connectivity index (χ1n) is 6.63. The molecular weight excluding hydrogens is 266 g/mol. The Labute approximate surface area is 120 Å². The Morgan fingerprint density at radius 3 is 2.67 bits per heavy atom. The molecule has 4 aromatic rings. The van der Waals surface area contributed by atoms with Crippen molar-refractivity contribution in [1.29, 1.82) is 0 Å². The summed E-state index contributed by atoms with van der Waals surface area (Å²) < 4.78 is 12.8. The average molecular weight is 279 g/mol. The van der Waals surface area contributed by atoms with Gasteiger partial charge in [-0.05, 0) is 30.3 Å². The second-order valence-corrected chi connectivity index (χ2v) is 4.85. The highest BCUT2D eigenvalue weighted by Crippen LogP contribution is 2.39. The van der Waals surface area contributed by atoms with Crippen LogP contribution in [0.5, 0.6) is 11.5 Å². The number of benzene rings is 2. The van der Waals surface area contributed by atoms with E-state index in [1.807, 2.05) is 53.1 Å². The number of aromatic nitrogens is 1. The third-order valence-corrected chi connectivity index (χ3v) is 3.67. The quantitative estimate of drug-likeness (QED) is 0.601. The van der Waals surface area contributed by atoms with E-state index < -0.39 is 0 Å². The fourth-order valence-corrected chi connectivity index (χ4v) is 2.73. The lowest BCUT2D eigenvalue weighted by atomic mass is 10.2. The van der Waals surface area contributed by atoms with Gasteiger partial charge in [0, 0.05) is 11.1 Å². The zero-order valence-electron chi connectivity index (χ0n) is 11.4. The van der Waals surface area contributed by atoms with Crippen molar-refractivity contribution < 1.29 is 14.3 Å². The molecule has 21 heavy (non-hydrogen) atoms. The van der Waals surface area contributed by atoms with E-state index in [9.17, 15) is 5.11 Å². The summed E-state index contributed by atoms with van der Waals surface area (Å²) in [6, 6.07) is 15.7. The molecule has 0 radical (unpaired) electrons. The van der Waals surface area contributed by atoms with Crippen LogP contribution in [0.15, 0.2) is 59.2 Å². The lowest BCUT2D eigenvalue weighted by Crippen LogP contribution is -1.92. The van der Waals surface area contributed by atoms with Crippen LogP contribution in [0.4, 0.5) is 0 Å². The summed E-state index contributed by atoms with van der Waals surface area (Å²) in [6.07, 6.45) is 1.36. The topological polar surface area (TPSA) is 47.5 Å². The molecule has 0 aliphatic carbocycles. The zero-order valence-corrected chi connectivity index (χ0v) is 11.4. The van der Waals surface area contributed by atoms with Crippen LogP contribution in [0.3, 0.4) is 0 Å². The molecule has 1 N–H and O–H groups in total. The van der Waals surface area contributed by atoms with E-state index in [1.54, 1.807) is 7.11 Å². The van der Waals surface area contributed by atoms with Crippen LogP contribution in [-0.2, 0) is 0 Å². The Hall–Kier alpha value is -2.88. The summed E-state index contributed by atoms with van der Waals surface area (Å²) in [6.45, 7) is 0. The predicted molar refractivity (Wildman–Crippen MR) is 81.3 cm³/mol. The molecule has 104 valence electrons. The summed E-state index contributed by atoms with van der Waals surface area (Å²) in [5.41, 5.74) is 3.26. The minimum Gasteiger partial charge on any atom is -0.503 e. The molecule has 0 saturated carbocycles. The second kappa shape index (κ2) is 4.31. The number of aromatic hydroxyl groups is 1. The molecule has 0 aliphatic rings. The highest BCUT2D eigenvalue weighted by atomic mass is 16.5. The van der Waals surface area contributed by atoms with Crippen LogP contribution in [0.2, 0.25) is 0 Å². The number of ether oxygens (including phenoxy) is 1. The molecule has 4 nitrogen and oxygen atoms in total. The van der Waals surface area contributed by atoms with Crippen molar-refractivity contribution in [2.75, 3.05) is 7.11 Å². The number of nitrogens with zero attached hydrogens (tertiary/aromatic N) is 1. The second-order valence-electron chi connectivity index (χ2n) is 4.85. The van der Waals surface area contributed by atoms with Crippen LogP contribution in [0, 0.1) is 0 Å². The molecule has 0 amide bonds. The summed E-state index contributed by atoms with van der Waals surface area (Å²) in [5, 5.41) is 11.0. The third-order valence-electron chi connectivity index (χ3n) is 3.67. The van der Waals surface area contributed by atoms with Crippen LogP contribution in [0.1, 0.15) is 0 Å². The van der Waals surface area contributed by atoms with Crippen molar-refractivity contribution in [2.45, 2.75) is 0 Å². The van der Waals surface area contributed by atoms with Crippen molar-refractivity contribution in [1.82, 2.24) is 4.57 Å². The highest BCUT2D eigenvalue weighted by molar-refractivity contribution is 6.08. The number of furan rings is 1. The first kappa shape index (κ1) is 11.9. The minimum atomic E-state index is 0.129. The molecule has 0 fully saturated rings. The SMILES string of the molecule is COc1ccc2c(c1)c1occ(O)c1n2-c1ccccc1. The van der Waals surface area contributed by atoms with E-state index >= 15 is 0 Å². The molecule has 0 atom stereocenters. The van der Waals surface area contributed by atoms with Crippen LogP contribution in [0.25, 0.3) is 27.7 Å². The Morgan fingerprint density at radius 2 is 1.90 bits per heavy atom. The van der Waals surface area contributed by atoms with Crippen molar-refractivity contribution in [2.24, 2.45) is 0 Å². The number of fused-ring (bicyclic) bond motifs is 3. The first-order chi connectivity index (χ1) is 10.3. The Kier molecular flexibility index (Phi) is 2.44. The zero-order chi connectivity index (χ0) is 14.4. The maximum Gasteiger partial charge on any atom is 0.179 e. The van der Waals surface area contributed by atoms with Gasteiger partial charge >= 0.3 is 0 Å². The fourth-order valence-electron chi connectivity index (χ4n) is 2.73. The maximum atomic E-state index is 10.1. The average Bonchev–Trinajstić information content (AvgIpc) is 3.06. The van der Waals surface area contributed by atoms with Crippen molar-refractivity contribution in [3.8, 4) is 17.2 Å². The van der Waals surface area contributed by atoms with Gasteiger partial charge in [0.25, 0.3) is 0 Å². The van der Waals surface area contributed by atoms with E-state index in [1.165, 1.54) is 6.26 Å². The predicted octanol–water partition coefficient (Wildman–Crippen LogP) is 4.09. The van der Waals surface area contributed by atoms with Gasteiger partial charge in [0.05, 0.1) is 12.6 Å². The lowest BCUT2D eigenvalue weighted by molar-refractivity contribution is 0.415. The van der Waals surface area contributed by atoms with Crippen molar-refractivity contribution in [3.63, 3.8) is 0 Å². The third kappa shape index (κ3) is 1.62. The van der Waals surface area contributed by atoms with E-state index in [4.69, 9.17) is 9.15 Å². The normalized spacial score (nSPS) is 11.3. The molecule has 0 bridgehead atoms. The molecule has 0 spiro atoms. The summed E-state index contributed by atoms with van der Waals surface area (Å²) in [4.78, 5) is 0. The maximum absolute atomic E-state index is 10.1. The molecule has 2 aromatic heterocycles. The monoisotopic (exact) mass is 279 g/mol. The summed E-state index contributed by atoms with van der Waals surface area (Å²) >= 11 is 0. The molecule has 2 aromatic carbocycles. The van der Waals surface area contributed by atoms with Crippen LogP contribution < -0.4 is 4.74 Å². The van der Waals surface area contributed by atoms with E-state index in [2.05, 4.69) is 0 Å². The lowest BCUT2D eigenvalue weighted by Gasteiger charge is -2.07. The van der Waals surface area contributed by atoms with E-state index in [-0.39, 0.29) is 5.75 Å². The van der Waals surface area contributed by atoms with Gasteiger partial charge in [-0.15, -0.1) is 0 Å². The van der Waals surface area contributed by atoms with Gasteiger partial charge < -0.3 is 18.8 Å². The molecule has 4 rings (SSSR count). The standard InChI is InChI=1S/C17H13NO3/c1-20-12-7-8-14-13(9-12)17-16(15(19)10-21-17)18(14)11-5-3-2-4-6-11/h2-10,19H,1H3. The van der Waals surface area contributed by atoms with Crippen LogP contribution >= 0.6 is 0 Å². The van der Waals surface area contributed by atoms with Gasteiger partial charge in [-0.2, -0.15) is 0 Å². The van der Waals surface area contributed by atoms with Gasteiger partial charge in [0.2, 0.25) is 0 Å². The Morgan fingerprint density at radius 1 is 1.10 bits per heavy atom. The van der Waals surface area contributed by atoms with Gasteiger partial charge in [-0.1, -0.05) is 18.2 Å². The van der Waals surface area contributed by atoms with Crippen LogP contribution in [-0.4, -0.2) is 16.8 Å². The fraction of sp³-hybridized carbons (Fsp3) is 0.0588. The number of methoxy groups -OCH3 is 1. The number of hydrogen-bond acceptors (Lipinski definition) is 3. The van der Waals surface area contributed by atoms with Gasteiger partial charge in [-0.25, -0.2) is 0 Å². The van der Waals surface area contributed by atoms with Crippen molar-refractivity contribution in [3.05, 3.63) is 54.8 Å². The molecule has 0 saturated heterocycles. The molecule has 0 unspecified atom stereocenters. The summed E-state index contributed by atoms with van der Waals surface area (Å²) in [5.74, 6) is 0.884. The minimum absolute atomic E-state index is 0.129. The Balaban J connectivity index is 2.18. The number of hydrogen-bond donors (Lipinski definition) is 1. The van der Waals surface area contributed by atoms with Gasteiger partial charge in [0.15, 0.2) is 11.3 Å². The van der Waals surface area contributed by atoms with Gasteiger partial charge in [0.1, 0.15) is 17.5 Å². The largest absolute Gasteiger partial charge is 0.503 e. The van der Waals surface area contributed by atoms with E-state index in [0.717, 1.165) is 22.3 Å². The summed E-state index contributed by atoms with van der Waals surface area (Å²) in [7, 11) is 1.63. The first-order valence-corrected chi connectivity index (χ1v) is 6.63. The number of para-hydroxylation sites is 1. The van der Waals surface area contributed by atoms with E-state index in [0.29, 0.717) is 11.1 Å². The molecule has 2 heterocycles. The van der Waals surface area contributed by atoms with Gasteiger partial charge in [-0.3, -0.25) is 0 Å². The Bertz CT molecular complexity index is 935.